The van der Waals surface area contributed by atoms with Crippen molar-refractivity contribution in [1.29, 1.82) is 0 Å². The van der Waals surface area contributed by atoms with Crippen molar-refractivity contribution in [2.45, 2.75) is 29.1 Å². The number of anilines is 1. The third kappa shape index (κ3) is 5.15. The SMILES string of the molecule is Cc1cccc(-n2c(SC(C)C(=O)Nc3ccc(S(N)(=O)=O)cc3)nnc2-c2c[nH]c3ccccc23)c1. The Hall–Kier alpha value is -3.93. The lowest BCUT2D eigenvalue weighted by Gasteiger charge is -2.14. The highest BCUT2D eigenvalue weighted by Gasteiger charge is 2.23. The highest BCUT2D eigenvalue weighted by atomic mass is 32.2. The Bertz CT molecular complexity index is 1710. The standard InChI is InChI=1S/C26H24N6O3S2/c1-16-6-5-7-19(14-16)32-24(22-15-28-23-9-4-3-8-21(22)23)30-31-26(32)36-17(2)25(33)29-18-10-12-20(13-11-18)37(27,34)35/h3-15,17,28H,1-2H3,(H,29,33)(H2,27,34,35). The lowest BCUT2D eigenvalue weighted by molar-refractivity contribution is -0.115. The molecule has 2 aromatic heterocycles. The van der Waals surface area contributed by atoms with Crippen LogP contribution in [0.15, 0.2) is 89.0 Å². The first kappa shape index (κ1) is 24.8. The number of hydrogen-bond acceptors (Lipinski definition) is 6. The van der Waals surface area contributed by atoms with Gasteiger partial charge in [-0.25, -0.2) is 13.6 Å². The number of carbonyl (C=O) groups excluding carboxylic acids is 1. The van der Waals surface area contributed by atoms with Crippen molar-refractivity contribution in [2.24, 2.45) is 5.14 Å². The molecule has 0 aliphatic heterocycles. The number of aromatic nitrogens is 4. The second-order valence-electron chi connectivity index (χ2n) is 8.55. The van der Waals surface area contributed by atoms with Crippen LogP contribution in [-0.4, -0.2) is 39.3 Å². The third-order valence-corrected chi connectivity index (χ3v) is 7.80. The monoisotopic (exact) mass is 532 g/mol. The summed E-state index contributed by atoms with van der Waals surface area (Å²) in [5, 5.41) is 18.0. The van der Waals surface area contributed by atoms with Gasteiger partial charge in [0.15, 0.2) is 11.0 Å². The highest BCUT2D eigenvalue weighted by Crippen LogP contribution is 2.34. The minimum Gasteiger partial charge on any atom is -0.360 e. The third-order valence-electron chi connectivity index (χ3n) is 5.83. The van der Waals surface area contributed by atoms with Gasteiger partial charge < -0.3 is 10.3 Å². The Morgan fingerprint density at radius 3 is 2.54 bits per heavy atom. The number of sulfonamides is 1. The van der Waals surface area contributed by atoms with E-state index in [-0.39, 0.29) is 10.8 Å². The van der Waals surface area contributed by atoms with E-state index in [1.165, 1.54) is 36.0 Å². The first-order valence-electron chi connectivity index (χ1n) is 11.4. The number of nitrogens with one attached hydrogen (secondary N) is 2. The van der Waals surface area contributed by atoms with E-state index in [1.54, 1.807) is 6.92 Å². The van der Waals surface area contributed by atoms with Gasteiger partial charge >= 0.3 is 0 Å². The number of carbonyl (C=O) groups is 1. The van der Waals surface area contributed by atoms with Gasteiger partial charge in [-0.3, -0.25) is 9.36 Å². The molecule has 2 heterocycles. The molecule has 0 aliphatic rings. The van der Waals surface area contributed by atoms with Crippen LogP contribution >= 0.6 is 11.8 Å². The molecule has 0 radical (unpaired) electrons. The molecule has 1 atom stereocenters. The molecular formula is C26H24N6O3S2. The van der Waals surface area contributed by atoms with Crippen LogP contribution in [0.2, 0.25) is 0 Å². The Morgan fingerprint density at radius 2 is 1.81 bits per heavy atom. The number of rotatable bonds is 7. The summed E-state index contributed by atoms with van der Waals surface area (Å²) in [6, 6.07) is 21.7. The van der Waals surface area contributed by atoms with E-state index >= 15 is 0 Å². The molecule has 11 heteroatoms. The van der Waals surface area contributed by atoms with Crippen molar-refractivity contribution in [3.05, 3.63) is 84.6 Å². The molecule has 5 aromatic rings. The highest BCUT2D eigenvalue weighted by molar-refractivity contribution is 8.00. The fourth-order valence-electron chi connectivity index (χ4n) is 3.96. The number of aryl methyl sites for hydroxylation is 1. The van der Waals surface area contributed by atoms with Gasteiger partial charge in [-0.2, -0.15) is 0 Å². The van der Waals surface area contributed by atoms with E-state index in [2.05, 4.69) is 20.5 Å². The fourth-order valence-corrected chi connectivity index (χ4v) is 5.34. The first-order chi connectivity index (χ1) is 17.7. The molecule has 0 fully saturated rings. The van der Waals surface area contributed by atoms with Gasteiger partial charge in [-0.05, 0) is 61.9 Å². The molecule has 1 unspecified atom stereocenters. The average Bonchev–Trinajstić information content (AvgIpc) is 3.47. The zero-order valence-electron chi connectivity index (χ0n) is 20.0. The van der Waals surface area contributed by atoms with Gasteiger partial charge in [-0.1, -0.05) is 42.1 Å². The van der Waals surface area contributed by atoms with Crippen LogP contribution in [-0.2, 0) is 14.8 Å². The first-order valence-corrected chi connectivity index (χ1v) is 13.8. The summed E-state index contributed by atoms with van der Waals surface area (Å²) < 4.78 is 24.9. The maximum Gasteiger partial charge on any atom is 0.238 e. The number of primary sulfonamides is 1. The van der Waals surface area contributed by atoms with E-state index in [9.17, 15) is 13.2 Å². The number of benzene rings is 3. The summed E-state index contributed by atoms with van der Waals surface area (Å²) >= 11 is 1.28. The van der Waals surface area contributed by atoms with Crippen LogP contribution in [0.5, 0.6) is 0 Å². The number of nitrogens with two attached hydrogens (primary N) is 1. The fraction of sp³-hybridized carbons (Fsp3) is 0.115. The van der Waals surface area contributed by atoms with Crippen molar-refractivity contribution in [3.63, 3.8) is 0 Å². The molecule has 37 heavy (non-hydrogen) atoms. The number of fused-ring (bicyclic) bond motifs is 1. The molecule has 0 aliphatic carbocycles. The molecule has 0 saturated heterocycles. The lowest BCUT2D eigenvalue weighted by Crippen LogP contribution is -2.23. The van der Waals surface area contributed by atoms with Crippen LogP contribution < -0.4 is 10.5 Å². The Labute approximate surface area is 218 Å². The van der Waals surface area contributed by atoms with E-state index in [0.717, 1.165) is 27.7 Å². The quantitative estimate of drug-likeness (QED) is 0.264. The van der Waals surface area contributed by atoms with Crippen molar-refractivity contribution in [1.82, 2.24) is 19.7 Å². The maximum atomic E-state index is 13.0. The predicted molar refractivity (Wildman–Crippen MR) is 145 cm³/mol. The summed E-state index contributed by atoms with van der Waals surface area (Å²) in [5.41, 5.74) is 4.33. The zero-order chi connectivity index (χ0) is 26.2. The van der Waals surface area contributed by atoms with Crippen LogP contribution in [0.1, 0.15) is 12.5 Å². The van der Waals surface area contributed by atoms with Crippen molar-refractivity contribution in [3.8, 4) is 17.1 Å². The Balaban J connectivity index is 1.46. The Kier molecular flexibility index (Phi) is 6.59. The minimum atomic E-state index is -3.81. The number of thioether (sulfide) groups is 1. The van der Waals surface area contributed by atoms with E-state index in [4.69, 9.17) is 5.14 Å². The molecular weight excluding hydrogens is 508 g/mol. The Morgan fingerprint density at radius 1 is 1.05 bits per heavy atom. The van der Waals surface area contributed by atoms with Crippen LogP contribution in [0.25, 0.3) is 28.0 Å². The average molecular weight is 533 g/mol. The largest absolute Gasteiger partial charge is 0.360 e. The number of hydrogen-bond donors (Lipinski definition) is 3. The molecule has 0 saturated carbocycles. The van der Waals surface area contributed by atoms with Crippen LogP contribution in [0.3, 0.4) is 0 Å². The van der Waals surface area contributed by atoms with Gasteiger partial charge in [0, 0.05) is 34.0 Å². The van der Waals surface area contributed by atoms with Crippen molar-refractivity contribution in [2.75, 3.05) is 5.32 Å². The summed E-state index contributed by atoms with van der Waals surface area (Å²) in [6.45, 7) is 3.79. The van der Waals surface area contributed by atoms with E-state index < -0.39 is 15.3 Å². The van der Waals surface area contributed by atoms with Gasteiger partial charge in [0.05, 0.1) is 10.1 Å². The zero-order valence-corrected chi connectivity index (χ0v) is 21.7. The molecule has 0 bridgehead atoms. The second-order valence-corrected chi connectivity index (χ2v) is 11.4. The molecule has 188 valence electrons. The number of nitrogens with zero attached hydrogens (tertiary/aromatic N) is 3. The molecule has 5 rings (SSSR count). The molecule has 9 nitrogen and oxygen atoms in total. The van der Waals surface area contributed by atoms with Gasteiger partial charge in [-0.15, -0.1) is 10.2 Å². The van der Waals surface area contributed by atoms with Gasteiger partial charge in [0.25, 0.3) is 0 Å². The number of H-pyrrole nitrogens is 1. The normalized spacial score (nSPS) is 12.5. The molecule has 0 spiro atoms. The summed E-state index contributed by atoms with van der Waals surface area (Å²) in [6.07, 6.45) is 1.91. The summed E-state index contributed by atoms with van der Waals surface area (Å²) in [4.78, 5) is 16.2. The lowest BCUT2D eigenvalue weighted by atomic mass is 10.1. The molecule has 4 N–H and O–H groups in total. The number of amides is 1. The molecule has 3 aromatic carbocycles. The predicted octanol–water partition coefficient (Wildman–Crippen LogP) is 4.49. The number of para-hydroxylation sites is 1. The summed E-state index contributed by atoms with van der Waals surface area (Å²) in [5.74, 6) is 0.400. The van der Waals surface area contributed by atoms with Crippen LogP contribution in [0, 0.1) is 6.92 Å². The number of aromatic amines is 1. The molecule has 1 amide bonds. The van der Waals surface area contributed by atoms with E-state index in [1.807, 2.05) is 66.2 Å². The van der Waals surface area contributed by atoms with E-state index in [0.29, 0.717) is 16.7 Å². The maximum absolute atomic E-state index is 13.0. The smallest absolute Gasteiger partial charge is 0.238 e. The van der Waals surface area contributed by atoms with Gasteiger partial charge in [0.1, 0.15) is 0 Å². The van der Waals surface area contributed by atoms with Crippen molar-refractivity contribution >= 4 is 44.3 Å². The van der Waals surface area contributed by atoms with Gasteiger partial charge in [0.2, 0.25) is 15.9 Å². The second kappa shape index (κ2) is 9.85. The van der Waals surface area contributed by atoms with Crippen LogP contribution in [0.4, 0.5) is 5.69 Å². The topological polar surface area (TPSA) is 136 Å². The van der Waals surface area contributed by atoms with Crippen molar-refractivity contribution < 1.29 is 13.2 Å². The minimum absolute atomic E-state index is 0.0241. The summed E-state index contributed by atoms with van der Waals surface area (Å²) in [7, 11) is -3.81.